The molecule has 0 bridgehead atoms. The maximum atomic E-state index is 11.9. The Morgan fingerprint density at radius 3 is 2.12 bits per heavy atom. The molecule has 2 aromatic carbocycles. The van der Waals surface area contributed by atoms with Crippen molar-refractivity contribution >= 4 is 22.3 Å². The van der Waals surface area contributed by atoms with Gasteiger partial charge in [0.05, 0.1) is 0 Å². The van der Waals surface area contributed by atoms with Gasteiger partial charge in [-0.1, -0.05) is 43.3 Å². The van der Waals surface area contributed by atoms with Crippen molar-refractivity contribution in [3.63, 3.8) is 0 Å². The van der Waals surface area contributed by atoms with Gasteiger partial charge in [-0.25, -0.2) is 0 Å². The first-order valence-corrected chi connectivity index (χ1v) is 5.71. The summed E-state index contributed by atoms with van der Waals surface area (Å²) in [6.45, 7) is 3.36. The first-order valence-electron chi connectivity index (χ1n) is 5.71. The van der Waals surface area contributed by atoms with Crippen LogP contribution in [0.25, 0.3) is 10.8 Å². The van der Waals surface area contributed by atoms with Gasteiger partial charge in [-0.3, -0.25) is 9.59 Å². The Hall–Kier alpha value is -1.96. The molecule has 86 valence electrons. The highest BCUT2D eigenvalue weighted by Crippen LogP contribution is 2.24. The zero-order valence-electron chi connectivity index (χ0n) is 9.99. The van der Waals surface area contributed by atoms with E-state index in [4.69, 9.17) is 0 Å². The normalized spacial score (nSPS) is 10.5. The molecule has 2 aromatic rings. The fraction of sp³-hybridized carbons (Fsp3) is 0.200. The minimum Gasteiger partial charge on any atom is -0.294 e. The van der Waals surface area contributed by atoms with Gasteiger partial charge in [-0.05, 0) is 12.3 Å². The summed E-state index contributed by atoms with van der Waals surface area (Å²) in [4.78, 5) is 23.5. The van der Waals surface area contributed by atoms with Crippen molar-refractivity contribution < 1.29 is 9.59 Å². The van der Waals surface area contributed by atoms with Gasteiger partial charge in [0.15, 0.2) is 11.6 Å². The highest BCUT2D eigenvalue weighted by molar-refractivity contribution is 6.16. The zero-order chi connectivity index (χ0) is 12.4. The van der Waals surface area contributed by atoms with Crippen molar-refractivity contribution in [2.45, 2.75) is 20.3 Å². The molecule has 0 fully saturated rings. The third-order valence-corrected chi connectivity index (χ3v) is 2.91. The van der Waals surface area contributed by atoms with Crippen LogP contribution in [0.1, 0.15) is 41.0 Å². The molecule has 17 heavy (non-hydrogen) atoms. The minimum atomic E-state index is -0.00745. The lowest BCUT2D eigenvalue weighted by molar-refractivity contribution is 0.0989. The summed E-state index contributed by atoms with van der Waals surface area (Å²) < 4.78 is 0. The summed E-state index contributed by atoms with van der Waals surface area (Å²) in [5, 5.41) is 1.73. The van der Waals surface area contributed by atoms with Crippen LogP contribution < -0.4 is 0 Å². The van der Waals surface area contributed by atoms with Gasteiger partial charge in [0, 0.05) is 22.9 Å². The third-order valence-electron chi connectivity index (χ3n) is 2.91. The molecule has 0 unspecified atom stereocenters. The monoisotopic (exact) mass is 226 g/mol. The average molecular weight is 226 g/mol. The van der Waals surface area contributed by atoms with E-state index in [0.29, 0.717) is 17.5 Å². The molecule has 0 aliphatic rings. The van der Waals surface area contributed by atoms with Crippen molar-refractivity contribution in [2.75, 3.05) is 0 Å². The van der Waals surface area contributed by atoms with Crippen LogP contribution >= 0.6 is 0 Å². The summed E-state index contributed by atoms with van der Waals surface area (Å²) >= 11 is 0. The smallest absolute Gasteiger partial charge is 0.163 e. The highest BCUT2D eigenvalue weighted by Gasteiger charge is 2.13. The number of fused-ring (bicyclic) bond motifs is 1. The topological polar surface area (TPSA) is 34.1 Å². The van der Waals surface area contributed by atoms with E-state index >= 15 is 0 Å². The van der Waals surface area contributed by atoms with Gasteiger partial charge in [0.2, 0.25) is 0 Å². The van der Waals surface area contributed by atoms with E-state index < -0.39 is 0 Å². The van der Waals surface area contributed by atoms with E-state index in [-0.39, 0.29) is 11.6 Å². The largest absolute Gasteiger partial charge is 0.294 e. The molecule has 2 heteroatoms. The highest BCUT2D eigenvalue weighted by atomic mass is 16.1. The van der Waals surface area contributed by atoms with Crippen LogP contribution in [0.15, 0.2) is 36.4 Å². The number of rotatable bonds is 3. The summed E-state index contributed by atoms with van der Waals surface area (Å²) in [7, 11) is 0. The first-order chi connectivity index (χ1) is 8.15. The van der Waals surface area contributed by atoms with E-state index in [2.05, 4.69) is 0 Å². The Bertz CT molecular complexity index is 592. The molecule has 0 saturated carbocycles. The zero-order valence-corrected chi connectivity index (χ0v) is 9.99. The molecule has 0 saturated heterocycles. The summed E-state index contributed by atoms with van der Waals surface area (Å²) in [6, 6.07) is 11.1. The molecule has 0 amide bonds. The van der Waals surface area contributed by atoms with Gasteiger partial charge in [-0.2, -0.15) is 0 Å². The van der Waals surface area contributed by atoms with Crippen LogP contribution in [-0.2, 0) is 0 Å². The van der Waals surface area contributed by atoms with Crippen LogP contribution in [0.2, 0.25) is 0 Å². The lowest BCUT2D eigenvalue weighted by Crippen LogP contribution is -2.02. The van der Waals surface area contributed by atoms with Crippen molar-refractivity contribution in [3.8, 4) is 0 Å². The number of carbonyl (C=O) groups excluding carboxylic acids is 2. The third kappa shape index (κ3) is 1.98. The second-order valence-corrected chi connectivity index (χ2v) is 4.04. The van der Waals surface area contributed by atoms with Crippen LogP contribution in [0, 0.1) is 0 Å². The van der Waals surface area contributed by atoms with Gasteiger partial charge in [0.1, 0.15) is 0 Å². The molecule has 2 rings (SSSR count). The number of hydrogen-bond donors (Lipinski definition) is 0. The number of carbonyl (C=O) groups is 2. The van der Waals surface area contributed by atoms with Gasteiger partial charge in [-0.15, -0.1) is 0 Å². The lowest BCUT2D eigenvalue weighted by Gasteiger charge is -2.08. The summed E-state index contributed by atoms with van der Waals surface area (Å²) in [5.41, 5.74) is 1.27. The van der Waals surface area contributed by atoms with E-state index in [1.807, 2.05) is 31.2 Å². The fourth-order valence-electron chi connectivity index (χ4n) is 2.06. The minimum absolute atomic E-state index is 0.00745. The van der Waals surface area contributed by atoms with E-state index in [1.54, 1.807) is 12.1 Å². The number of benzene rings is 2. The van der Waals surface area contributed by atoms with Crippen molar-refractivity contribution in [2.24, 2.45) is 0 Å². The molecule has 0 aliphatic carbocycles. The SMILES string of the molecule is CCC(=O)c1cccc2cccc(C(C)=O)c12. The number of ketones is 2. The Labute approximate surface area is 100 Å². The maximum absolute atomic E-state index is 11.9. The van der Waals surface area contributed by atoms with Gasteiger partial charge in [0.25, 0.3) is 0 Å². The molecular formula is C15H14O2. The predicted molar refractivity (Wildman–Crippen MR) is 68.6 cm³/mol. The summed E-state index contributed by atoms with van der Waals surface area (Å²) in [5.74, 6) is 0.0660. The molecule has 0 N–H and O–H groups in total. The van der Waals surface area contributed by atoms with E-state index in [1.165, 1.54) is 6.92 Å². The first kappa shape index (κ1) is 11.5. The van der Waals surface area contributed by atoms with Crippen LogP contribution in [-0.4, -0.2) is 11.6 Å². The second kappa shape index (κ2) is 4.50. The molecular weight excluding hydrogens is 212 g/mol. The molecule has 0 aliphatic heterocycles. The molecule has 0 radical (unpaired) electrons. The van der Waals surface area contributed by atoms with E-state index in [0.717, 1.165) is 10.8 Å². The number of Topliss-reactive ketones (excluding diaryl/α,β-unsaturated/α-hetero) is 2. The summed E-state index contributed by atoms with van der Waals surface area (Å²) in [6.07, 6.45) is 0.450. The quantitative estimate of drug-likeness (QED) is 0.749. The maximum Gasteiger partial charge on any atom is 0.163 e. The predicted octanol–water partition coefficient (Wildman–Crippen LogP) is 3.64. The van der Waals surface area contributed by atoms with Crippen LogP contribution in [0.4, 0.5) is 0 Å². The molecule has 0 spiro atoms. The van der Waals surface area contributed by atoms with Crippen molar-refractivity contribution in [1.29, 1.82) is 0 Å². The van der Waals surface area contributed by atoms with Gasteiger partial charge >= 0.3 is 0 Å². The molecule has 0 heterocycles. The fourth-order valence-corrected chi connectivity index (χ4v) is 2.06. The molecule has 0 aromatic heterocycles. The Balaban J connectivity index is 2.85. The molecule has 2 nitrogen and oxygen atoms in total. The van der Waals surface area contributed by atoms with E-state index in [9.17, 15) is 9.59 Å². The lowest BCUT2D eigenvalue weighted by atomic mass is 9.94. The number of hydrogen-bond acceptors (Lipinski definition) is 2. The Kier molecular flexibility index (Phi) is 3.05. The van der Waals surface area contributed by atoms with Crippen molar-refractivity contribution in [1.82, 2.24) is 0 Å². The second-order valence-electron chi connectivity index (χ2n) is 4.04. The molecule has 0 atom stereocenters. The Morgan fingerprint density at radius 1 is 1.00 bits per heavy atom. The van der Waals surface area contributed by atoms with Crippen LogP contribution in [0.3, 0.4) is 0 Å². The Morgan fingerprint density at radius 2 is 1.59 bits per heavy atom. The van der Waals surface area contributed by atoms with Gasteiger partial charge < -0.3 is 0 Å². The average Bonchev–Trinajstić information content (AvgIpc) is 2.36. The standard InChI is InChI=1S/C15H14O2/c1-3-14(17)13-9-5-7-11-6-4-8-12(10(2)16)15(11)13/h4-9H,3H2,1-2H3. The van der Waals surface area contributed by atoms with Crippen molar-refractivity contribution in [3.05, 3.63) is 47.5 Å². The van der Waals surface area contributed by atoms with Crippen LogP contribution in [0.5, 0.6) is 0 Å².